The van der Waals surface area contributed by atoms with E-state index in [1.165, 1.54) is 12.8 Å². The summed E-state index contributed by atoms with van der Waals surface area (Å²) in [5, 5.41) is 4.25. The van der Waals surface area contributed by atoms with Gasteiger partial charge >= 0.3 is 5.76 Å². The second kappa shape index (κ2) is 5.23. The maximum atomic E-state index is 12.6. The van der Waals surface area contributed by atoms with Crippen LogP contribution >= 0.6 is 11.6 Å². The fourth-order valence-corrected chi connectivity index (χ4v) is 3.32. The second-order valence-corrected chi connectivity index (χ2v) is 6.71. The summed E-state index contributed by atoms with van der Waals surface area (Å²) in [4.78, 5) is 28.2. The first-order chi connectivity index (χ1) is 11.0. The minimum atomic E-state index is -0.589. The number of H-pyrrole nitrogens is 1. The van der Waals surface area contributed by atoms with Crippen LogP contribution in [0.1, 0.15) is 41.4 Å². The molecule has 2 atom stereocenters. The van der Waals surface area contributed by atoms with Gasteiger partial charge < -0.3 is 4.90 Å². The molecule has 0 unspecified atom stereocenters. The lowest BCUT2D eigenvalue weighted by Gasteiger charge is -2.20. The Bertz CT molecular complexity index is 824. The summed E-state index contributed by atoms with van der Waals surface area (Å²) in [6.07, 6.45) is 3.04. The molecule has 4 rings (SSSR count). The van der Waals surface area contributed by atoms with Gasteiger partial charge in [0.05, 0.1) is 10.7 Å². The molecule has 0 amide bonds. The summed E-state index contributed by atoms with van der Waals surface area (Å²) in [6, 6.07) is 6.02. The number of aromatic nitrogens is 2. The Morgan fingerprint density at radius 1 is 1.43 bits per heavy atom. The van der Waals surface area contributed by atoms with E-state index in [9.17, 15) is 9.59 Å². The molecule has 2 saturated carbocycles. The van der Waals surface area contributed by atoms with Gasteiger partial charge in [-0.2, -0.15) is 0 Å². The minimum Gasteiger partial charge on any atom is -0.370 e. The second-order valence-electron chi connectivity index (χ2n) is 6.30. The maximum Gasteiger partial charge on any atom is 0.438 e. The van der Waals surface area contributed by atoms with Gasteiger partial charge in [0.15, 0.2) is 11.6 Å². The minimum absolute atomic E-state index is 0.0290. The number of Topliss-reactive ketones (excluding diaryl/α,β-unsaturated/α-hetero) is 1. The van der Waals surface area contributed by atoms with Crippen molar-refractivity contribution in [3.05, 3.63) is 45.2 Å². The number of rotatable bonds is 5. The van der Waals surface area contributed by atoms with Gasteiger partial charge in [-0.25, -0.2) is 4.79 Å². The van der Waals surface area contributed by atoms with E-state index in [-0.39, 0.29) is 17.6 Å². The normalized spacial score (nSPS) is 22.9. The van der Waals surface area contributed by atoms with Crippen molar-refractivity contribution in [3.8, 4) is 0 Å². The van der Waals surface area contributed by atoms with Crippen LogP contribution in [0.5, 0.6) is 0 Å². The molecule has 120 valence electrons. The van der Waals surface area contributed by atoms with E-state index in [0.29, 0.717) is 28.9 Å². The van der Waals surface area contributed by atoms with Crippen LogP contribution in [0.3, 0.4) is 0 Å². The average Bonchev–Trinajstić information content (AvgIpc) is 3.44. The van der Waals surface area contributed by atoms with Crippen molar-refractivity contribution >= 4 is 23.1 Å². The van der Waals surface area contributed by atoms with Crippen LogP contribution in [0, 0.1) is 5.92 Å². The van der Waals surface area contributed by atoms with Crippen molar-refractivity contribution in [3.63, 3.8) is 0 Å². The number of nitrogens with zero attached hydrogens (tertiary/aromatic N) is 2. The lowest BCUT2D eigenvalue weighted by Crippen LogP contribution is -2.19. The van der Waals surface area contributed by atoms with E-state index in [1.54, 1.807) is 6.07 Å². The van der Waals surface area contributed by atoms with E-state index < -0.39 is 5.76 Å². The molecule has 2 fully saturated rings. The molecular formula is C16H16ClN3O3. The lowest BCUT2D eigenvalue weighted by molar-refractivity contribution is 0.0964. The number of halogens is 1. The van der Waals surface area contributed by atoms with Crippen molar-refractivity contribution in [1.82, 2.24) is 10.1 Å². The van der Waals surface area contributed by atoms with Gasteiger partial charge in [-0.05, 0) is 37.5 Å². The lowest BCUT2D eigenvalue weighted by atomic mass is 10.0. The third kappa shape index (κ3) is 2.67. The molecule has 6 nitrogen and oxygen atoms in total. The number of hydrogen-bond acceptors (Lipinski definition) is 5. The molecule has 1 heterocycles. The molecule has 1 aromatic carbocycles. The maximum absolute atomic E-state index is 12.6. The molecule has 23 heavy (non-hydrogen) atoms. The highest BCUT2D eigenvalue weighted by molar-refractivity contribution is 6.33. The summed E-state index contributed by atoms with van der Waals surface area (Å²) in [5.74, 6) is -0.347. The Morgan fingerprint density at radius 3 is 2.83 bits per heavy atom. The number of benzene rings is 1. The summed E-state index contributed by atoms with van der Waals surface area (Å²) >= 11 is 6.35. The molecule has 0 bridgehead atoms. The Labute approximate surface area is 137 Å². The van der Waals surface area contributed by atoms with Crippen LogP contribution in [-0.4, -0.2) is 29.0 Å². The number of carbonyl (C=O) groups excluding carboxylic acids is 1. The van der Waals surface area contributed by atoms with E-state index >= 15 is 0 Å². The van der Waals surface area contributed by atoms with Crippen molar-refractivity contribution in [2.24, 2.45) is 5.92 Å². The summed E-state index contributed by atoms with van der Waals surface area (Å²) < 4.78 is 4.49. The Hall–Kier alpha value is -2.08. The van der Waals surface area contributed by atoms with Crippen molar-refractivity contribution in [2.75, 3.05) is 11.9 Å². The number of hydrogen-bond donors (Lipinski definition) is 1. The Kier molecular flexibility index (Phi) is 3.30. The standard InChI is InChI=1S/C16H16ClN3O3/c1-20(9-3-4-9)13-5-2-8(6-12(13)17)14(21)10-7-11(10)15-18-16(22)23-19-15/h2,5-6,9-11H,3-4,7H2,1H3,(H,18,19,22)/t10-,11-/m0/s1. The molecule has 0 radical (unpaired) electrons. The topological polar surface area (TPSA) is 79.2 Å². The molecule has 0 spiro atoms. The van der Waals surface area contributed by atoms with Crippen LogP contribution in [0.4, 0.5) is 5.69 Å². The van der Waals surface area contributed by atoms with Crippen LogP contribution in [-0.2, 0) is 0 Å². The fraction of sp³-hybridized carbons (Fsp3) is 0.438. The van der Waals surface area contributed by atoms with Crippen LogP contribution in [0.25, 0.3) is 0 Å². The molecule has 2 aromatic rings. The third-order valence-corrected chi connectivity index (χ3v) is 4.94. The first-order valence-corrected chi connectivity index (χ1v) is 8.05. The Morgan fingerprint density at radius 2 is 2.22 bits per heavy atom. The number of ketones is 1. The van der Waals surface area contributed by atoms with Gasteiger partial charge in [-0.15, -0.1) is 0 Å². The number of carbonyl (C=O) groups is 1. The first kappa shape index (κ1) is 14.5. The zero-order valence-corrected chi connectivity index (χ0v) is 13.3. The van der Waals surface area contributed by atoms with Crippen LogP contribution in [0.15, 0.2) is 27.5 Å². The molecule has 1 N–H and O–H groups in total. The molecule has 2 aliphatic carbocycles. The SMILES string of the molecule is CN(c1ccc(C(=O)[C@H]2C[C@@H]2c2noc(=O)[nH]2)cc1Cl)C1CC1. The summed E-state index contributed by atoms with van der Waals surface area (Å²) in [5.41, 5.74) is 1.56. The van der Waals surface area contributed by atoms with E-state index in [4.69, 9.17) is 11.6 Å². The van der Waals surface area contributed by atoms with Crippen molar-refractivity contribution < 1.29 is 9.32 Å². The van der Waals surface area contributed by atoms with Gasteiger partial charge in [-0.1, -0.05) is 16.8 Å². The highest BCUT2D eigenvalue weighted by Gasteiger charge is 2.46. The average molecular weight is 334 g/mol. The third-order valence-electron chi connectivity index (χ3n) is 4.64. The van der Waals surface area contributed by atoms with E-state index in [1.807, 2.05) is 19.2 Å². The van der Waals surface area contributed by atoms with Crippen molar-refractivity contribution in [2.45, 2.75) is 31.2 Å². The van der Waals surface area contributed by atoms with Gasteiger partial charge in [0, 0.05) is 30.5 Å². The molecular weight excluding hydrogens is 318 g/mol. The van der Waals surface area contributed by atoms with Gasteiger partial charge in [0.2, 0.25) is 0 Å². The zero-order chi connectivity index (χ0) is 16.1. The highest BCUT2D eigenvalue weighted by atomic mass is 35.5. The quantitative estimate of drug-likeness (QED) is 0.851. The molecule has 2 aliphatic rings. The smallest absolute Gasteiger partial charge is 0.370 e. The summed E-state index contributed by atoms with van der Waals surface area (Å²) in [7, 11) is 2.03. The monoisotopic (exact) mass is 333 g/mol. The predicted octanol–water partition coefficient (Wildman–Crippen LogP) is 2.60. The van der Waals surface area contributed by atoms with Crippen molar-refractivity contribution in [1.29, 1.82) is 0 Å². The zero-order valence-electron chi connectivity index (χ0n) is 12.6. The summed E-state index contributed by atoms with van der Waals surface area (Å²) in [6.45, 7) is 0. The molecule has 7 heteroatoms. The van der Waals surface area contributed by atoms with E-state index in [2.05, 4.69) is 19.6 Å². The fourth-order valence-electron chi connectivity index (χ4n) is 3.01. The first-order valence-electron chi connectivity index (χ1n) is 7.67. The molecule has 0 aliphatic heterocycles. The predicted molar refractivity (Wildman–Crippen MR) is 85.2 cm³/mol. The van der Waals surface area contributed by atoms with E-state index in [0.717, 1.165) is 5.69 Å². The molecule has 1 aromatic heterocycles. The van der Waals surface area contributed by atoms with Gasteiger partial charge in [0.1, 0.15) is 0 Å². The number of aromatic amines is 1. The van der Waals surface area contributed by atoms with Crippen LogP contribution < -0.4 is 10.7 Å². The molecule has 0 saturated heterocycles. The highest BCUT2D eigenvalue weighted by Crippen LogP contribution is 2.48. The Balaban J connectivity index is 1.51. The van der Waals surface area contributed by atoms with Gasteiger partial charge in [-0.3, -0.25) is 14.3 Å². The van der Waals surface area contributed by atoms with Gasteiger partial charge in [0.25, 0.3) is 0 Å². The largest absolute Gasteiger partial charge is 0.438 e. The number of nitrogens with one attached hydrogen (secondary N) is 1. The van der Waals surface area contributed by atoms with Crippen LogP contribution in [0.2, 0.25) is 5.02 Å². The number of anilines is 1.